The van der Waals surface area contributed by atoms with E-state index in [4.69, 9.17) is 10.8 Å². The number of amides is 1. The first-order chi connectivity index (χ1) is 8.42. The molecular formula is C12H15N3O3. The van der Waals surface area contributed by atoms with Gasteiger partial charge in [0.15, 0.2) is 0 Å². The number of likely N-dealkylation sites (tertiary alicyclic amines) is 1. The first-order valence-corrected chi connectivity index (χ1v) is 5.66. The van der Waals surface area contributed by atoms with Crippen molar-refractivity contribution in [2.24, 2.45) is 5.41 Å². The number of nitrogen functional groups attached to an aromatic ring is 1. The summed E-state index contributed by atoms with van der Waals surface area (Å²) in [6.45, 7) is 2.31. The van der Waals surface area contributed by atoms with Crippen molar-refractivity contribution in [2.75, 3.05) is 18.8 Å². The fourth-order valence-corrected chi connectivity index (χ4v) is 2.00. The van der Waals surface area contributed by atoms with Gasteiger partial charge in [-0.05, 0) is 25.5 Å². The summed E-state index contributed by atoms with van der Waals surface area (Å²) < 4.78 is 0. The first kappa shape index (κ1) is 12.3. The number of nitrogens with two attached hydrogens (primary N) is 1. The second-order valence-corrected chi connectivity index (χ2v) is 4.82. The van der Waals surface area contributed by atoms with Crippen LogP contribution in [0.3, 0.4) is 0 Å². The molecule has 1 aromatic heterocycles. The van der Waals surface area contributed by atoms with Gasteiger partial charge in [0.25, 0.3) is 5.91 Å². The van der Waals surface area contributed by atoms with E-state index in [1.807, 2.05) is 0 Å². The standard InChI is InChI=1S/C12H15N3O3/c1-12(11(17)18)4-5-15(7-12)10(16)9-3-2-8(13)6-14-9/h2-3,6H,4-5,7,13H2,1H3,(H,17,18). The molecule has 96 valence electrons. The highest BCUT2D eigenvalue weighted by molar-refractivity contribution is 5.93. The van der Waals surface area contributed by atoms with Gasteiger partial charge in [-0.3, -0.25) is 9.59 Å². The van der Waals surface area contributed by atoms with E-state index in [-0.39, 0.29) is 12.5 Å². The Bertz CT molecular complexity index is 486. The topological polar surface area (TPSA) is 96.5 Å². The van der Waals surface area contributed by atoms with E-state index < -0.39 is 11.4 Å². The summed E-state index contributed by atoms with van der Waals surface area (Å²) in [4.78, 5) is 28.7. The van der Waals surface area contributed by atoms with E-state index in [1.165, 1.54) is 11.1 Å². The number of pyridine rings is 1. The van der Waals surface area contributed by atoms with E-state index in [1.54, 1.807) is 19.1 Å². The smallest absolute Gasteiger partial charge is 0.311 e. The first-order valence-electron chi connectivity index (χ1n) is 5.66. The number of carboxylic acids is 1. The normalized spacial score (nSPS) is 23.1. The number of hydrogen-bond donors (Lipinski definition) is 2. The molecule has 1 unspecified atom stereocenters. The zero-order valence-corrected chi connectivity index (χ0v) is 10.1. The predicted octanol–water partition coefficient (Wildman–Crippen LogP) is 0.601. The van der Waals surface area contributed by atoms with Crippen LogP contribution < -0.4 is 5.73 Å². The monoisotopic (exact) mass is 249 g/mol. The third-order valence-corrected chi connectivity index (χ3v) is 3.28. The molecule has 1 atom stereocenters. The van der Waals surface area contributed by atoms with Gasteiger partial charge in [0.1, 0.15) is 5.69 Å². The Morgan fingerprint density at radius 3 is 2.72 bits per heavy atom. The second kappa shape index (κ2) is 4.29. The molecule has 0 spiro atoms. The van der Waals surface area contributed by atoms with Crippen molar-refractivity contribution in [1.29, 1.82) is 0 Å². The number of aliphatic carboxylic acids is 1. The second-order valence-electron chi connectivity index (χ2n) is 4.82. The number of carbonyl (C=O) groups is 2. The quantitative estimate of drug-likeness (QED) is 0.800. The molecule has 1 saturated heterocycles. The van der Waals surface area contributed by atoms with Gasteiger partial charge in [-0.2, -0.15) is 0 Å². The molecule has 3 N–H and O–H groups in total. The maximum atomic E-state index is 12.1. The van der Waals surface area contributed by atoms with Crippen LogP contribution in [-0.4, -0.2) is 40.0 Å². The molecule has 1 aliphatic rings. The number of carboxylic acid groups (broad SMARTS) is 1. The Morgan fingerprint density at radius 1 is 1.50 bits per heavy atom. The van der Waals surface area contributed by atoms with E-state index >= 15 is 0 Å². The van der Waals surface area contributed by atoms with Crippen molar-refractivity contribution in [3.05, 3.63) is 24.0 Å². The summed E-state index contributed by atoms with van der Waals surface area (Å²) >= 11 is 0. The molecule has 1 amide bonds. The lowest BCUT2D eigenvalue weighted by molar-refractivity contribution is -0.147. The van der Waals surface area contributed by atoms with E-state index in [0.717, 1.165) is 0 Å². The number of carbonyl (C=O) groups excluding carboxylic acids is 1. The minimum atomic E-state index is -0.872. The van der Waals surface area contributed by atoms with Gasteiger partial charge < -0.3 is 15.7 Å². The highest BCUT2D eigenvalue weighted by atomic mass is 16.4. The third-order valence-electron chi connectivity index (χ3n) is 3.28. The van der Waals surface area contributed by atoms with Crippen molar-refractivity contribution in [1.82, 2.24) is 9.88 Å². The number of rotatable bonds is 2. The van der Waals surface area contributed by atoms with Crippen LogP contribution in [0, 0.1) is 5.41 Å². The molecule has 2 heterocycles. The summed E-state index contributed by atoms with van der Waals surface area (Å²) in [7, 11) is 0. The molecule has 6 heteroatoms. The molecule has 1 aliphatic heterocycles. The van der Waals surface area contributed by atoms with Crippen molar-refractivity contribution >= 4 is 17.6 Å². The Balaban J connectivity index is 2.12. The minimum Gasteiger partial charge on any atom is -0.481 e. The van der Waals surface area contributed by atoms with Gasteiger partial charge in [-0.25, -0.2) is 4.98 Å². The average molecular weight is 249 g/mol. The fourth-order valence-electron chi connectivity index (χ4n) is 2.00. The van der Waals surface area contributed by atoms with Crippen molar-refractivity contribution in [2.45, 2.75) is 13.3 Å². The molecule has 0 saturated carbocycles. The SMILES string of the molecule is CC1(C(=O)O)CCN(C(=O)c2ccc(N)cn2)C1. The van der Waals surface area contributed by atoms with Crippen LogP contribution >= 0.6 is 0 Å². The van der Waals surface area contributed by atoms with Gasteiger partial charge in [0.05, 0.1) is 17.3 Å². The molecule has 0 bridgehead atoms. The van der Waals surface area contributed by atoms with Gasteiger partial charge in [-0.1, -0.05) is 0 Å². The van der Waals surface area contributed by atoms with Gasteiger partial charge in [0.2, 0.25) is 0 Å². The van der Waals surface area contributed by atoms with Crippen LogP contribution in [0.1, 0.15) is 23.8 Å². The van der Waals surface area contributed by atoms with Crippen LogP contribution in [0.5, 0.6) is 0 Å². The zero-order valence-electron chi connectivity index (χ0n) is 10.1. The zero-order chi connectivity index (χ0) is 13.3. The summed E-state index contributed by atoms with van der Waals surface area (Å²) in [5.74, 6) is -1.12. The molecule has 2 rings (SSSR count). The van der Waals surface area contributed by atoms with E-state index in [0.29, 0.717) is 24.3 Å². The molecule has 1 aromatic rings. The van der Waals surface area contributed by atoms with Crippen LogP contribution in [0.25, 0.3) is 0 Å². The van der Waals surface area contributed by atoms with E-state index in [2.05, 4.69) is 4.98 Å². The average Bonchev–Trinajstić information content (AvgIpc) is 2.73. The largest absolute Gasteiger partial charge is 0.481 e. The molecule has 1 fully saturated rings. The van der Waals surface area contributed by atoms with E-state index in [9.17, 15) is 9.59 Å². The van der Waals surface area contributed by atoms with Crippen molar-refractivity contribution < 1.29 is 14.7 Å². The molecule has 18 heavy (non-hydrogen) atoms. The van der Waals surface area contributed by atoms with Gasteiger partial charge in [-0.15, -0.1) is 0 Å². The van der Waals surface area contributed by atoms with Crippen LogP contribution in [0.4, 0.5) is 5.69 Å². The number of anilines is 1. The van der Waals surface area contributed by atoms with Crippen molar-refractivity contribution in [3.63, 3.8) is 0 Å². The van der Waals surface area contributed by atoms with Crippen LogP contribution in [0.15, 0.2) is 18.3 Å². The lowest BCUT2D eigenvalue weighted by Crippen LogP contribution is -2.35. The number of aromatic nitrogens is 1. The van der Waals surface area contributed by atoms with Crippen molar-refractivity contribution in [3.8, 4) is 0 Å². The molecular weight excluding hydrogens is 234 g/mol. The fraction of sp³-hybridized carbons (Fsp3) is 0.417. The number of nitrogens with zero attached hydrogens (tertiary/aromatic N) is 2. The molecule has 0 aromatic carbocycles. The maximum absolute atomic E-state index is 12.1. The lowest BCUT2D eigenvalue weighted by Gasteiger charge is -2.19. The lowest BCUT2D eigenvalue weighted by atomic mass is 9.90. The summed E-state index contributed by atoms with van der Waals surface area (Å²) in [5, 5.41) is 9.11. The summed E-state index contributed by atoms with van der Waals surface area (Å²) in [6.07, 6.45) is 1.88. The highest BCUT2D eigenvalue weighted by Crippen LogP contribution is 2.30. The van der Waals surface area contributed by atoms with Crippen LogP contribution in [-0.2, 0) is 4.79 Å². The number of hydrogen-bond acceptors (Lipinski definition) is 4. The Hall–Kier alpha value is -2.11. The molecule has 0 radical (unpaired) electrons. The van der Waals surface area contributed by atoms with Gasteiger partial charge >= 0.3 is 5.97 Å². The van der Waals surface area contributed by atoms with Gasteiger partial charge in [0, 0.05) is 13.1 Å². The Morgan fingerprint density at radius 2 is 2.22 bits per heavy atom. The third kappa shape index (κ3) is 2.13. The summed E-state index contributed by atoms with van der Waals surface area (Å²) in [5.41, 5.74) is 5.42. The summed E-state index contributed by atoms with van der Waals surface area (Å²) in [6, 6.07) is 3.15. The molecule has 0 aliphatic carbocycles. The van der Waals surface area contributed by atoms with Crippen LogP contribution in [0.2, 0.25) is 0 Å². The maximum Gasteiger partial charge on any atom is 0.311 e. The highest BCUT2D eigenvalue weighted by Gasteiger charge is 2.42. The minimum absolute atomic E-state index is 0.215. The Kier molecular flexibility index (Phi) is 2.94. The Labute approximate surface area is 104 Å². The predicted molar refractivity (Wildman–Crippen MR) is 64.9 cm³/mol. The molecule has 6 nitrogen and oxygen atoms in total.